The molecule has 1 aromatic heterocycles. The van der Waals surface area contributed by atoms with Gasteiger partial charge in [-0.1, -0.05) is 0 Å². The Balaban J connectivity index is 1.62. The minimum absolute atomic E-state index is 0.0915. The molecule has 0 saturated carbocycles. The summed E-state index contributed by atoms with van der Waals surface area (Å²) in [5.74, 6) is 0.0915. The van der Waals surface area contributed by atoms with Crippen molar-refractivity contribution < 1.29 is 9.53 Å². The van der Waals surface area contributed by atoms with Crippen molar-refractivity contribution in [3.63, 3.8) is 0 Å². The van der Waals surface area contributed by atoms with Crippen LogP contribution in [0.4, 0.5) is 0 Å². The fourth-order valence-electron chi connectivity index (χ4n) is 2.10. The van der Waals surface area contributed by atoms with E-state index in [2.05, 4.69) is 10.3 Å². The molecule has 1 fully saturated rings. The number of hydrogen-bond donors (Lipinski definition) is 1. The smallest absolute Gasteiger partial charge is 0.222 e. The molecule has 0 radical (unpaired) electrons. The molecule has 1 aliphatic heterocycles. The van der Waals surface area contributed by atoms with Gasteiger partial charge >= 0.3 is 0 Å². The van der Waals surface area contributed by atoms with E-state index in [0.29, 0.717) is 13.0 Å². The third-order valence-corrected chi connectivity index (χ3v) is 3.88. The first-order chi connectivity index (χ1) is 8.74. The lowest BCUT2D eigenvalue weighted by Gasteiger charge is -2.21. The van der Waals surface area contributed by atoms with Gasteiger partial charge < -0.3 is 10.1 Å². The van der Waals surface area contributed by atoms with E-state index in [1.165, 1.54) is 6.42 Å². The molecule has 2 heterocycles. The van der Waals surface area contributed by atoms with Crippen molar-refractivity contribution in [2.75, 3.05) is 13.2 Å². The number of rotatable bonds is 5. The monoisotopic (exact) mass is 268 g/mol. The molecule has 2 rings (SSSR count). The third kappa shape index (κ3) is 4.38. The van der Waals surface area contributed by atoms with Crippen LogP contribution in [0.2, 0.25) is 0 Å². The first kappa shape index (κ1) is 13.5. The summed E-state index contributed by atoms with van der Waals surface area (Å²) in [7, 11) is 0. The number of aromatic nitrogens is 1. The summed E-state index contributed by atoms with van der Waals surface area (Å²) in [5.41, 5.74) is 1.06. The molecular formula is C13H20N2O2S. The Hall–Kier alpha value is -0.940. The van der Waals surface area contributed by atoms with E-state index in [4.69, 9.17) is 4.74 Å². The van der Waals surface area contributed by atoms with Gasteiger partial charge in [-0.3, -0.25) is 4.79 Å². The van der Waals surface area contributed by atoms with E-state index in [9.17, 15) is 4.79 Å². The zero-order valence-electron chi connectivity index (χ0n) is 10.8. The van der Waals surface area contributed by atoms with E-state index in [-0.39, 0.29) is 12.0 Å². The molecule has 1 N–H and O–H groups in total. The highest BCUT2D eigenvalue weighted by atomic mass is 32.1. The summed E-state index contributed by atoms with van der Waals surface area (Å²) < 4.78 is 5.55. The maximum atomic E-state index is 11.7. The van der Waals surface area contributed by atoms with E-state index < -0.39 is 0 Å². The standard InChI is InChI=1S/C13H20N2O2S/c1-10-15-11(9-18-10)5-6-14-13(16)8-12-4-2-3-7-17-12/h9,12H,2-8H2,1H3,(H,14,16). The highest BCUT2D eigenvalue weighted by molar-refractivity contribution is 7.09. The number of nitrogens with zero attached hydrogens (tertiary/aromatic N) is 1. The molecule has 1 saturated heterocycles. The topological polar surface area (TPSA) is 51.2 Å². The van der Waals surface area contributed by atoms with Crippen LogP contribution in [0.25, 0.3) is 0 Å². The summed E-state index contributed by atoms with van der Waals surface area (Å²) in [5, 5.41) is 6.06. The number of carbonyl (C=O) groups is 1. The van der Waals surface area contributed by atoms with E-state index in [1.54, 1.807) is 11.3 Å². The predicted molar refractivity (Wildman–Crippen MR) is 71.8 cm³/mol. The highest BCUT2D eigenvalue weighted by Gasteiger charge is 2.17. The maximum absolute atomic E-state index is 11.7. The van der Waals surface area contributed by atoms with Gasteiger partial charge in [-0.05, 0) is 26.2 Å². The fraction of sp³-hybridized carbons (Fsp3) is 0.692. The summed E-state index contributed by atoms with van der Waals surface area (Å²) in [6.07, 6.45) is 4.74. The molecule has 100 valence electrons. The zero-order chi connectivity index (χ0) is 12.8. The Bertz CT molecular complexity index is 386. The number of carbonyl (C=O) groups excluding carboxylic acids is 1. The molecule has 18 heavy (non-hydrogen) atoms. The SMILES string of the molecule is Cc1nc(CCNC(=O)CC2CCCCO2)cs1. The van der Waals surface area contributed by atoms with Crippen LogP contribution >= 0.6 is 11.3 Å². The Morgan fingerprint density at radius 1 is 1.61 bits per heavy atom. The summed E-state index contributed by atoms with van der Waals surface area (Å²) in [4.78, 5) is 16.1. The number of nitrogens with one attached hydrogen (secondary N) is 1. The first-order valence-electron chi connectivity index (χ1n) is 6.53. The van der Waals surface area contributed by atoms with E-state index >= 15 is 0 Å². The number of hydrogen-bond acceptors (Lipinski definition) is 4. The Morgan fingerprint density at radius 3 is 3.17 bits per heavy atom. The minimum Gasteiger partial charge on any atom is -0.378 e. The summed E-state index contributed by atoms with van der Waals surface area (Å²) >= 11 is 1.65. The molecule has 1 aromatic rings. The summed E-state index contributed by atoms with van der Waals surface area (Å²) in [6.45, 7) is 3.46. The fourth-order valence-corrected chi connectivity index (χ4v) is 2.75. The lowest BCUT2D eigenvalue weighted by atomic mass is 10.1. The molecular weight excluding hydrogens is 248 g/mol. The predicted octanol–water partition coefficient (Wildman–Crippen LogP) is 2.07. The van der Waals surface area contributed by atoms with Crippen LogP contribution in [0, 0.1) is 6.92 Å². The number of aryl methyl sites for hydroxylation is 1. The molecule has 0 bridgehead atoms. The molecule has 1 amide bonds. The zero-order valence-corrected chi connectivity index (χ0v) is 11.6. The summed E-state index contributed by atoms with van der Waals surface area (Å²) in [6, 6.07) is 0. The molecule has 0 spiro atoms. The normalized spacial score (nSPS) is 19.7. The number of ether oxygens (including phenoxy) is 1. The van der Waals surface area contributed by atoms with Gasteiger partial charge in [0.2, 0.25) is 5.91 Å². The van der Waals surface area contributed by atoms with Gasteiger partial charge in [0.25, 0.3) is 0 Å². The average molecular weight is 268 g/mol. The molecule has 5 heteroatoms. The molecule has 1 aliphatic rings. The molecule has 1 atom stereocenters. The largest absolute Gasteiger partial charge is 0.378 e. The van der Waals surface area contributed by atoms with Gasteiger partial charge in [0.15, 0.2) is 0 Å². The van der Waals surface area contributed by atoms with Crippen molar-refractivity contribution in [1.29, 1.82) is 0 Å². The Kier molecular flexibility index (Phi) is 5.13. The van der Waals surface area contributed by atoms with Gasteiger partial charge in [0.1, 0.15) is 0 Å². The van der Waals surface area contributed by atoms with Crippen LogP contribution < -0.4 is 5.32 Å². The maximum Gasteiger partial charge on any atom is 0.222 e. The van der Waals surface area contributed by atoms with Crippen molar-refractivity contribution in [2.24, 2.45) is 0 Å². The van der Waals surface area contributed by atoms with Crippen molar-refractivity contribution in [2.45, 2.75) is 45.1 Å². The lowest BCUT2D eigenvalue weighted by Crippen LogP contribution is -2.31. The number of amides is 1. The van der Waals surface area contributed by atoms with Gasteiger partial charge in [-0.15, -0.1) is 11.3 Å². The van der Waals surface area contributed by atoms with Crippen molar-refractivity contribution in [1.82, 2.24) is 10.3 Å². The molecule has 1 unspecified atom stereocenters. The third-order valence-electron chi connectivity index (χ3n) is 3.06. The average Bonchev–Trinajstić information content (AvgIpc) is 2.76. The van der Waals surface area contributed by atoms with Gasteiger partial charge in [0, 0.05) is 25.0 Å². The van der Waals surface area contributed by atoms with Crippen LogP contribution in [-0.4, -0.2) is 30.1 Å². The molecule has 0 aromatic carbocycles. The first-order valence-corrected chi connectivity index (χ1v) is 7.41. The van der Waals surface area contributed by atoms with Crippen molar-refractivity contribution in [3.8, 4) is 0 Å². The van der Waals surface area contributed by atoms with Crippen molar-refractivity contribution >= 4 is 17.2 Å². The molecule has 0 aliphatic carbocycles. The van der Waals surface area contributed by atoms with Crippen LogP contribution in [0.1, 0.15) is 36.4 Å². The molecule has 4 nitrogen and oxygen atoms in total. The minimum atomic E-state index is 0.0915. The van der Waals surface area contributed by atoms with Crippen LogP contribution in [-0.2, 0) is 16.0 Å². The van der Waals surface area contributed by atoms with Gasteiger partial charge in [0.05, 0.1) is 23.2 Å². The Labute approximate surface area is 112 Å². The number of thiazole rings is 1. The second-order valence-corrected chi connectivity index (χ2v) is 5.71. The van der Waals surface area contributed by atoms with E-state index in [1.807, 2.05) is 12.3 Å². The van der Waals surface area contributed by atoms with Crippen LogP contribution in [0.15, 0.2) is 5.38 Å². The quantitative estimate of drug-likeness (QED) is 0.889. The highest BCUT2D eigenvalue weighted by Crippen LogP contribution is 2.15. The second-order valence-electron chi connectivity index (χ2n) is 4.65. The lowest BCUT2D eigenvalue weighted by molar-refractivity contribution is -0.124. The van der Waals surface area contributed by atoms with Crippen LogP contribution in [0.5, 0.6) is 0 Å². The van der Waals surface area contributed by atoms with Crippen molar-refractivity contribution in [3.05, 3.63) is 16.1 Å². The van der Waals surface area contributed by atoms with E-state index in [0.717, 1.165) is 36.6 Å². The Morgan fingerprint density at radius 2 is 2.50 bits per heavy atom. The second kappa shape index (κ2) is 6.85. The van der Waals surface area contributed by atoms with Gasteiger partial charge in [-0.25, -0.2) is 4.98 Å². The van der Waals surface area contributed by atoms with Gasteiger partial charge in [-0.2, -0.15) is 0 Å². The van der Waals surface area contributed by atoms with Crippen LogP contribution in [0.3, 0.4) is 0 Å².